The second-order valence-electron chi connectivity index (χ2n) is 4.39. The average Bonchev–Trinajstić information content (AvgIpc) is 2.88. The molecule has 0 fully saturated rings. The standard InChI is InChI=1S/C12H14Br2N4O2S/c1-3-18-7-15-17-12(18)6-16-21(19,20)11-5-9(13)8(2)4-10(11)14/h4-5,7,16H,3,6H2,1-2H3. The predicted octanol–water partition coefficient (Wildman–Crippen LogP) is 2.61. The van der Waals surface area contributed by atoms with Crippen molar-refractivity contribution >= 4 is 41.9 Å². The number of hydrogen-bond acceptors (Lipinski definition) is 4. The summed E-state index contributed by atoms with van der Waals surface area (Å²) in [6, 6.07) is 3.33. The first kappa shape index (κ1) is 16.6. The van der Waals surface area contributed by atoms with E-state index in [1.165, 1.54) is 0 Å². The maximum Gasteiger partial charge on any atom is 0.242 e. The molecule has 2 aromatic rings. The Morgan fingerprint density at radius 2 is 2.00 bits per heavy atom. The van der Waals surface area contributed by atoms with E-state index in [4.69, 9.17) is 0 Å². The quantitative estimate of drug-likeness (QED) is 0.779. The molecular weight excluding hydrogens is 424 g/mol. The number of hydrogen-bond donors (Lipinski definition) is 1. The number of aryl methyl sites for hydroxylation is 2. The molecule has 0 atom stereocenters. The molecule has 1 aromatic carbocycles. The van der Waals surface area contributed by atoms with Crippen LogP contribution in [0.25, 0.3) is 0 Å². The van der Waals surface area contributed by atoms with Crippen LogP contribution in [0, 0.1) is 6.92 Å². The molecule has 1 N–H and O–H groups in total. The van der Waals surface area contributed by atoms with Crippen LogP contribution in [-0.4, -0.2) is 23.2 Å². The molecule has 0 amide bonds. The third-order valence-electron chi connectivity index (χ3n) is 2.96. The van der Waals surface area contributed by atoms with E-state index >= 15 is 0 Å². The Balaban J connectivity index is 2.25. The minimum Gasteiger partial charge on any atom is -0.317 e. The lowest BCUT2D eigenvalue weighted by atomic mass is 10.2. The van der Waals surface area contributed by atoms with E-state index in [2.05, 4.69) is 46.8 Å². The fraction of sp³-hybridized carbons (Fsp3) is 0.333. The third kappa shape index (κ3) is 3.71. The Labute approximate surface area is 140 Å². The van der Waals surface area contributed by atoms with Gasteiger partial charge in [0.1, 0.15) is 12.2 Å². The molecule has 9 heteroatoms. The second kappa shape index (κ2) is 6.55. The van der Waals surface area contributed by atoms with Gasteiger partial charge in [0.25, 0.3) is 0 Å². The molecule has 21 heavy (non-hydrogen) atoms. The number of nitrogens with one attached hydrogen (secondary N) is 1. The van der Waals surface area contributed by atoms with Crippen LogP contribution in [0.1, 0.15) is 18.3 Å². The van der Waals surface area contributed by atoms with Crippen molar-refractivity contribution in [2.45, 2.75) is 31.8 Å². The summed E-state index contributed by atoms with van der Waals surface area (Å²) in [4.78, 5) is 0.183. The Hall–Kier alpha value is -0.770. The van der Waals surface area contributed by atoms with E-state index in [9.17, 15) is 8.42 Å². The van der Waals surface area contributed by atoms with Crippen molar-refractivity contribution < 1.29 is 8.42 Å². The van der Waals surface area contributed by atoms with Gasteiger partial charge in [0.15, 0.2) is 0 Å². The first-order valence-electron chi connectivity index (χ1n) is 6.17. The van der Waals surface area contributed by atoms with Crippen molar-refractivity contribution in [1.29, 1.82) is 0 Å². The summed E-state index contributed by atoms with van der Waals surface area (Å²) < 4.78 is 30.4. The molecule has 0 bridgehead atoms. The van der Waals surface area contributed by atoms with Crippen molar-refractivity contribution in [2.24, 2.45) is 0 Å². The first-order valence-corrected chi connectivity index (χ1v) is 9.24. The summed E-state index contributed by atoms with van der Waals surface area (Å²) in [7, 11) is -3.64. The van der Waals surface area contributed by atoms with E-state index < -0.39 is 10.0 Å². The fourth-order valence-electron chi connectivity index (χ4n) is 1.75. The second-order valence-corrected chi connectivity index (χ2v) is 7.83. The van der Waals surface area contributed by atoms with E-state index in [1.54, 1.807) is 23.0 Å². The highest BCUT2D eigenvalue weighted by Gasteiger charge is 2.19. The highest BCUT2D eigenvalue weighted by Crippen LogP contribution is 2.28. The number of sulfonamides is 1. The first-order chi connectivity index (χ1) is 9.85. The molecule has 2 rings (SSSR count). The molecule has 6 nitrogen and oxygen atoms in total. The fourth-order valence-corrected chi connectivity index (χ4v) is 4.41. The van der Waals surface area contributed by atoms with Crippen molar-refractivity contribution in [2.75, 3.05) is 0 Å². The number of aromatic nitrogens is 3. The van der Waals surface area contributed by atoms with Gasteiger partial charge in [0.2, 0.25) is 10.0 Å². The molecule has 0 saturated heterocycles. The summed E-state index contributed by atoms with van der Waals surface area (Å²) in [5.74, 6) is 0.573. The summed E-state index contributed by atoms with van der Waals surface area (Å²) in [6.45, 7) is 4.61. The lowest BCUT2D eigenvalue weighted by Gasteiger charge is -2.10. The van der Waals surface area contributed by atoms with Crippen molar-refractivity contribution in [3.05, 3.63) is 38.8 Å². The van der Waals surface area contributed by atoms with E-state index in [0.717, 1.165) is 10.0 Å². The van der Waals surface area contributed by atoms with E-state index in [0.29, 0.717) is 16.8 Å². The normalized spacial score (nSPS) is 11.8. The zero-order chi connectivity index (χ0) is 15.6. The van der Waals surface area contributed by atoms with Gasteiger partial charge < -0.3 is 4.57 Å². The molecule has 0 unspecified atom stereocenters. The predicted molar refractivity (Wildman–Crippen MR) is 86.3 cm³/mol. The summed E-state index contributed by atoms with van der Waals surface area (Å²) >= 11 is 6.64. The van der Waals surface area contributed by atoms with Crippen molar-refractivity contribution in [3.8, 4) is 0 Å². The highest BCUT2D eigenvalue weighted by molar-refractivity contribution is 9.11. The van der Waals surface area contributed by atoms with Gasteiger partial charge in [-0.1, -0.05) is 15.9 Å². The number of benzene rings is 1. The lowest BCUT2D eigenvalue weighted by molar-refractivity contribution is 0.574. The summed E-state index contributed by atoms with van der Waals surface area (Å²) in [6.07, 6.45) is 1.57. The van der Waals surface area contributed by atoms with Crippen molar-refractivity contribution in [1.82, 2.24) is 19.5 Å². The van der Waals surface area contributed by atoms with Crippen LogP contribution in [0.3, 0.4) is 0 Å². The Morgan fingerprint density at radius 1 is 1.29 bits per heavy atom. The van der Waals surface area contributed by atoms with Gasteiger partial charge in [-0.25, -0.2) is 13.1 Å². The summed E-state index contributed by atoms with van der Waals surface area (Å²) in [5.41, 5.74) is 0.951. The van der Waals surface area contributed by atoms with Gasteiger partial charge in [-0.15, -0.1) is 10.2 Å². The van der Waals surface area contributed by atoms with E-state index in [1.807, 2.05) is 13.8 Å². The minimum absolute atomic E-state index is 0.0914. The molecule has 114 valence electrons. The van der Waals surface area contributed by atoms with Crippen molar-refractivity contribution in [3.63, 3.8) is 0 Å². The molecule has 0 aliphatic rings. The molecule has 1 heterocycles. The summed E-state index contributed by atoms with van der Waals surface area (Å²) in [5, 5.41) is 7.67. The number of halogens is 2. The topological polar surface area (TPSA) is 76.9 Å². The molecule has 0 aliphatic carbocycles. The maximum atomic E-state index is 12.4. The molecule has 0 radical (unpaired) electrons. The van der Waals surface area contributed by atoms with Gasteiger partial charge in [-0.3, -0.25) is 0 Å². The smallest absolute Gasteiger partial charge is 0.242 e. The van der Waals surface area contributed by atoms with Crippen LogP contribution >= 0.6 is 31.9 Å². The Kier molecular flexibility index (Phi) is 5.18. The molecular formula is C12H14Br2N4O2S. The number of rotatable bonds is 5. The van der Waals surface area contributed by atoms with Gasteiger partial charge >= 0.3 is 0 Å². The highest BCUT2D eigenvalue weighted by atomic mass is 79.9. The Bertz CT molecular complexity index is 759. The average molecular weight is 438 g/mol. The van der Waals surface area contributed by atoms with Crippen LogP contribution in [0.5, 0.6) is 0 Å². The van der Waals surface area contributed by atoms with Crippen LogP contribution < -0.4 is 4.72 Å². The van der Waals surface area contributed by atoms with Crippen LogP contribution in [0.2, 0.25) is 0 Å². The van der Waals surface area contributed by atoms with E-state index in [-0.39, 0.29) is 11.4 Å². The minimum atomic E-state index is -3.64. The zero-order valence-corrected chi connectivity index (χ0v) is 15.5. The molecule has 0 saturated carbocycles. The molecule has 0 aliphatic heterocycles. The Morgan fingerprint density at radius 3 is 2.67 bits per heavy atom. The van der Waals surface area contributed by atoms with Gasteiger partial charge in [0.05, 0.1) is 11.4 Å². The van der Waals surface area contributed by atoms with Crippen LogP contribution in [0.15, 0.2) is 32.3 Å². The number of nitrogens with zero attached hydrogens (tertiary/aromatic N) is 3. The third-order valence-corrected chi connectivity index (χ3v) is 6.17. The van der Waals surface area contributed by atoms with Crippen LogP contribution in [-0.2, 0) is 23.1 Å². The molecule has 1 aromatic heterocycles. The largest absolute Gasteiger partial charge is 0.317 e. The van der Waals surface area contributed by atoms with Crippen LogP contribution in [0.4, 0.5) is 0 Å². The SMILES string of the molecule is CCn1cnnc1CNS(=O)(=O)c1cc(Br)c(C)cc1Br. The van der Waals surface area contributed by atoms with Gasteiger partial charge in [-0.2, -0.15) is 0 Å². The lowest BCUT2D eigenvalue weighted by Crippen LogP contribution is -2.25. The maximum absolute atomic E-state index is 12.4. The van der Waals surface area contributed by atoms with Gasteiger partial charge in [0, 0.05) is 15.5 Å². The van der Waals surface area contributed by atoms with Gasteiger partial charge in [-0.05, 0) is 47.5 Å². The monoisotopic (exact) mass is 436 g/mol. The zero-order valence-electron chi connectivity index (χ0n) is 11.5. The molecule has 0 spiro atoms.